The van der Waals surface area contributed by atoms with Gasteiger partial charge >= 0.3 is 39.0 Å². The van der Waals surface area contributed by atoms with E-state index in [0.29, 0.717) is 82.8 Å². The Morgan fingerprint density at radius 3 is 1.71 bits per heavy atom. The molecule has 0 saturated carbocycles. The van der Waals surface area contributed by atoms with Crippen LogP contribution in [0.1, 0.15) is 106 Å². The number of rotatable bonds is 14. The summed E-state index contributed by atoms with van der Waals surface area (Å²) >= 11 is 40.1. The number of benzene rings is 1. The number of likely N-dealkylation sites (tertiary alicyclic amines) is 2. The molecule has 548 valence electrons. The number of aromatic amines is 1. The maximum absolute atomic E-state index is 12.6. The van der Waals surface area contributed by atoms with Crippen LogP contribution in [0.5, 0.6) is 17.2 Å². The number of piperidine rings is 2. The summed E-state index contributed by atoms with van der Waals surface area (Å²) in [6, 6.07) is 14.6. The van der Waals surface area contributed by atoms with E-state index in [2.05, 4.69) is 123 Å². The van der Waals surface area contributed by atoms with Gasteiger partial charge in [0.1, 0.15) is 81.4 Å². The second kappa shape index (κ2) is 41.7. The molecule has 3 amide bonds. The number of aromatic nitrogens is 6. The summed E-state index contributed by atoms with van der Waals surface area (Å²) in [5, 5.41) is 44.0. The van der Waals surface area contributed by atoms with Crippen LogP contribution in [0, 0.1) is 18.3 Å². The predicted molar refractivity (Wildman–Crippen MR) is 379 cm³/mol. The van der Waals surface area contributed by atoms with Gasteiger partial charge in [-0.25, -0.2) is 34.5 Å². The lowest BCUT2D eigenvalue weighted by molar-refractivity contribution is -0.0507. The fourth-order valence-electron chi connectivity index (χ4n) is 8.95. The molecular weight excluding hydrogens is 1730 g/mol. The van der Waals surface area contributed by atoms with Crippen molar-refractivity contribution < 1.29 is 84.4 Å². The number of aliphatic hydroxyl groups is 1. The number of ether oxygens (including phenoxy) is 5. The molecule has 10 rings (SSSR count). The van der Waals surface area contributed by atoms with Crippen LogP contribution in [0.3, 0.4) is 0 Å². The molecule has 102 heavy (non-hydrogen) atoms. The average molecular weight is 1790 g/mol. The number of H-pyrrole nitrogens is 1. The highest BCUT2D eigenvalue weighted by Crippen LogP contribution is 2.32. The van der Waals surface area contributed by atoms with Gasteiger partial charge < -0.3 is 64.3 Å². The monoisotopic (exact) mass is 1780 g/mol. The molecule has 1 aromatic carbocycles. The van der Waals surface area contributed by atoms with Crippen LogP contribution in [-0.4, -0.2) is 156 Å². The van der Waals surface area contributed by atoms with E-state index in [4.69, 9.17) is 82.8 Å². The number of fused-ring (bicyclic) bond motifs is 1. The number of amides is 3. The fourth-order valence-corrected chi connectivity index (χ4v) is 10.9. The van der Waals surface area contributed by atoms with Gasteiger partial charge in [-0.05, 0) is 152 Å². The smallest absolute Gasteiger partial charge is 0.457 e. The van der Waals surface area contributed by atoms with Gasteiger partial charge in [0.2, 0.25) is 5.43 Å². The first-order chi connectivity index (χ1) is 48.0. The van der Waals surface area contributed by atoms with Crippen LogP contribution in [0.25, 0.3) is 0 Å². The van der Waals surface area contributed by atoms with Crippen LogP contribution < -0.4 is 35.7 Å². The van der Waals surface area contributed by atoms with Crippen molar-refractivity contribution in [1.82, 2.24) is 50.3 Å². The van der Waals surface area contributed by atoms with Crippen molar-refractivity contribution in [3.8, 4) is 23.3 Å². The van der Waals surface area contributed by atoms with E-state index in [0.717, 1.165) is 45.8 Å². The molecule has 0 unspecified atom stereocenters. The van der Waals surface area contributed by atoms with Gasteiger partial charge in [0.15, 0.2) is 0 Å². The van der Waals surface area contributed by atoms with Gasteiger partial charge in [0.05, 0.1) is 38.7 Å². The lowest BCUT2D eigenvalue weighted by atomic mass is 9.81. The van der Waals surface area contributed by atoms with Crippen molar-refractivity contribution in [2.24, 2.45) is 0 Å². The largest absolute Gasteiger partial charge is 0.490 e. The van der Waals surface area contributed by atoms with Gasteiger partial charge in [0.25, 0.3) is 11.8 Å². The number of nitrogens with one attached hydrogen (secondary N) is 3. The zero-order valence-electron chi connectivity index (χ0n) is 53.4. The standard InChI is InChI=1S/C24H24F2N4O5.C17H22ClF2N3O4.C6H3BrClF2NO.C5H4BBrClNO2.C5H3BrClNO.C5H3BrClN/c1-13-16(2-3-17-18(13)12-34-23(17)33)20(31)11-30-6-4-15(5-7-30)29-22(32)19-8-21(35-24(25)26)14(9-27)10-28-19;1-17(2,3)27-16(25)23-6-4-10(5-7-23)22-14(24)12-8-13(26-15(19)20)11(18)9-21-12;7-5-1-4(12-6(9)10)3(8)2-11-5;7-5-1-3(6(10)11)4(8)2-9-5;6-5-1-4(9)3(7)2-8-5;6-5-2-1-4(7)3-8-5/h2-3,8,10,15,20,24,31H,4-7,11-12H2,1H3,(H,29,32);8-10,15H,4-7H2,1-3H3,(H,22,24);1-2,6H;1-2,10-11H;1-2H,(H,8,9);1-3H/t20-;;;;;/m0...../s1. The van der Waals surface area contributed by atoms with Crippen molar-refractivity contribution in [3.05, 3.63) is 185 Å². The van der Waals surface area contributed by atoms with Crippen LogP contribution in [-0.2, 0) is 16.1 Å². The first-order valence-corrected chi connectivity index (χ1v) is 34.6. The summed E-state index contributed by atoms with van der Waals surface area (Å²) in [7, 11) is -1.55. The zero-order valence-corrected chi connectivity index (χ0v) is 63.6. The molecule has 6 aromatic heterocycles. The number of nitrogens with zero attached hydrogens (tertiary/aromatic N) is 8. The minimum Gasteiger partial charge on any atom is -0.457 e. The number of β-amino-alcohol motifs (C(OH)–C–C–N with tert-alkyl or cyclic N) is 1. The van der Waals surface area contributed by atoms with Crippen LogP contribution in [0.15, 0.2) is 115 Å². The predicted octanol–water partition coefficient (Wildman–Crippen LogP) is 13.5. The highest BCUT2D eigenvalue weighted by atomic mass is 79.9. The molecule has 2 saturated heterocycles. The molecule has 0 spiro atoms. The number of cyclic esters (lactones) is 1. The third-order valence-electron chi connectivity index (χ3n) is 13.8. The van der Waals surface area contributed by atoms with E-state index in [1.807, 2.05) is 6.92 Å². The molecule has 6 N–H and O–H groups in total. The number of carbonyl (C=O) groups excluding carboxylic acids is 4. The number of alkyl halides is 6. The molecule has 3 aliphatic heterocycles. The Morgan fingerprint density at radius 1 is 0.696 bits per heavy atom. The summed E-state index contributed by atoms with van der Waals surface area (Å²) in [4.78, 5) is 84.8. The number of pyridine rings is 6. The Kier molecular flexibility index (Phi) is 35.2. The van der Waals surface area contributed by atoms with Gasteiger partial charge in [-0.1, -0.05) is 64.1 Å². The Hall–Kier alpha value is -6.66. The first-order valence-electron chi connectivity index (χ1n) is 29.5. The number of halogens is 15. The second-order valence-corrected chi connectivity index (χ2v) is 27.5. The Morgan fingerprint density at radius 2 is 1.21 bits per heavy atom. The highest BCUT2D eigenvalue weighted by Gasteiger charge is 2.31. The van der Waals surface area contributed by atoms with Crippen LogP contribution in [0.4, 0.5) is 31.1 Å². The van der Waals surface area contributed by atoms with Gasteiger partial charge in [-0.2, -0.15) is 31.6 Å². The molecule has 1 atom stereocenters. The number of carbonyl (C=O) groups is 4. The Bertz CT molecular complexity index is 4080. The number of hydrogen-bond acceptors (Lipinski definition) is 20. The van der Waals surface area contributed by atoms with E-state index in [1.54, 1.807) is 62.2 Å². The van der Waals surface area contributed by atoms with Crippen LogP contribution >= 0.6 is 122 Å². The lowest BCUT2D eigenvalue weighted by Gasteiger charge is -2.33. The normalized spacial score (nSPS) is 13.8. The molecule has 7 aromatic rings. The Labute approximate surface area is 637 Å². The molecule has 2 fully saturated rings. The molecule has 3 aliphatic rings. The second-order valence-electron chi connectivity index (χ2n) is 22.1. The van der Waals surface area contributed by atoms with E-state index < -0.39 is 56.2 Å². The summed E-state index contributed by atoms with van der Waals surface area (Å²) in [5.74, 6) is -2.22. The zero-order chi connectivity index (χ0) is 75.7. The topological polar surface area (TPSA) is 327 Å². The minimum atomic E-state index is -3.13. The SMILES string of the molecule is CC(C)(C)OC(=O)N1CCC(NC(=O)c2cc(OC(F)F)c(Cl)cn2)CC1.Cc1c([C@@H](O)CN2CCC(NC(=O)c3cc(OC(F)F)c(C#N)cn3)CC2)ccc2c1COC2=O.Clc1ccc(Br)nc1.FC(F)Oc1cc(Br)ncc1Cl.O=c1cc(Br)[nH]cc1Cl.OB(O)c1cc(Br)ncc1Cl. The number of esters is 1. The fraction of sp³-hybridized carbons (Fsp3) is 0.339. The van der Waals surface area contributed by atoms with E-state index in [-0.39, 0.29) is 90.2 Å². The van der Waals surface area contributed by atoms with Crippen molar-refractivity contribution in [2.45, 2.75) is 104 Å². The van der Waals surface area contributed by atoms with Crippen molar-refractivity contribution >= 4 is 158 Å². The Balaban J connectivity index is 0.000000243. The molecule has 40 heteroatoms. The summed E-state index contributed by atoms with van der Waals surface area (Å²) in [5.41, 5.74) is 2.07. The molecule has 9 heterocycles. The highest BCUT2D eigenvalue weighted by molar-refractivity contribution is 9.11. The van der Waals surface area contributed by atoms with E-state index in [9.17, 15) is 55.4 Å². The molecular formula is C62H59BBr4Cl5F6N11O13. The number of hydrogen-bond donors (Lipinski definition) is 6. The third-order valence-corrected chi connectivity index (χ3v) is 17.0. The van der Waals surface area contributed by atoms with Gasteiger partial charge in [-0.15, -0.1) is 0 Å². The number of nitriles is 1. The van der Waals surface area contributed by atoms with Crippen molar-refractivity contribution in [3.63, 3.8) is 0 Å². The maximum Gasteiger partial charge on any atom is 0.490 e. The molecule has 0 radical (unpaired) electrons. The average Bonchev–Trinajstić information content (AvgIpc) is 1.62. The minimum absolute atomic E-state index is 0.0542. The van der Waals surface area contributed by atoms with E-state index >= 15 is 0 Å². The lowest BCUT2D eigenvalue weighted by Crippen LogP contribution is -2.47. The quantitative estimate of drug-likeness (QED) is 0.0255. The summed E-state index contributed by atoms with van der Waals surface area (Å²) < 4.78 is 98.7. The first kappa shape index (κ1) is 86.0. The van der Waals surface area contributed by atoms with Crippen molar-refractivity contribution in [2.75, 3.05) is 32.7 Å². The summed E-state index contributed by atoms with van der Waals surface area (Å²) in [6.45, 7) is 0.955. The molecule has 0 bridgehead atoms. The van der Waals surface area contributed by atoms with Gasteiger partial charge in [-0.3, -0.25) is 14.4 Å². The van der Waals surface area contributed by atoms with E-state index in [1.165, 1.54) is 36.8 Å². The van der Waals surface area contributed by atoms with Crippen LogP contribution in [0.2, 0.25) is 25.1 Å². The third kappa shape index (κ3) is 29.1. The maximum atomic E-state index is 12.6. The number of aliphatic hydroxyl groups excluding tert-OH is 1. The summed E-state index contributed by atoms with van der Waals surface area (Å²) in [6.07, 6.45) is 8.92. The molecule has 24 nitrogen and oxygen atoms in total. The van der Waals surface area contributed by atoms with Gasteiger partial charge in [0, 0.05) is 105 Å². The molecule has 0 aliphatic carbocycles. The van der Waals surface area contributed by atoms with Crippen molar-refractivity contribution in [1.29, 1.82) is 5.26 Å².